The zero-order valence-electron chi connectivity index (χ0n) is 25.6. The quantitative estimate of drug-likeness (QED) is 0.320. The van der Waals surface area contributed by atoms with Crippen LogP contribution in [0.25, 0.3) is 5.57 Å². The summed E-state index contributed by atoms with van der Waals surface area (Å²) in [5.41, 5.74) is 2.34. The Morgan fingerprint density at radius 3 is 1.72 bits per heavy atom. The van der Waals surface area contributed by atoms with E-state index in [-0.39, 0.29) is 32.1 Å². The lowest BCUT2D eigenvalue weighted by molar-refractivity contribution is -0.138. The number of hydrogen-bond acceptors (Lipinski definition) is 12. The number of fused-ring (bicyclic) bond motifs is 3. The standard InChI is InChI=1S/C30H33NO9S3/c1-13(2)24(32)31-19-15(4)11-14(3)12-16(19)17-23(29(31,5)6)41-20(26(34)38-8)18(25(33)37-7)30(17)42-21(27(35)39-9)22(43-30)28(36)40-10/h11-13H,1-10H3. The van der Waals surface area contributed by atoms with Gasteiger partial charge in [-0.15, -0.1) is 0 Å². The minimum absolute atomic E-state index is 0.0822. The molecule has 1 aromatic carbocycles. The van der Waals surface area contributed by atoms with Gasteiger partial charge < -0.3 is 23.8 Å². The van der Waals surface area contributed by atoms with Crippen LogP contribution in [-0.2, 0) is 42.9 Å². The van der Waals surface area contributed by atoms with Crippen molar-refractivity contribution in [2.45, 2.75) is 51.2 Å². The minimum atomic E-state index is -1.61. The minimum Gasteiger partial charge on any atom is -0.466 e. The van der Waals surface area contributed by atoms with Gasteiger partial charge in [0.25, 0.3) is 0 Å². The van der Waals surface area contributed by atoms with Crippen molar-refractivity contribution in [1.82, 2.24) is 0 Å². The third kappa shape index (κ3) is 4.98. The van der Waals surface area contributed by atoms with Crippen LogP contribution in [-0.4, -0.2) is 67.8 Å². The molecule has 1 spiro atoms. The van der Waals surface area contributed by atoms with E-state index < -0.39 is 33.5 Å². The lowest BCUT2D eigenvalue weighted by atomic mass is 9.81. The number of ether oxygens (including phenoxy) is 4. The summed E-state index contributed by atoms with van der Waals surface area (Å²) in [7, 11) is 4.74. The molecule has 0 radical (unpaired) electrons. The second-order valence-electron chi connectivity index (χ2n) is 10.8. The molecule has 0 aromatic heterocycles. The van der Waals surface area contributed by atoms with Crippen molar-refractivity contribution in [1.29, 1.82) is 0 Å². The van der Waals surface area contributed by atoms with Crippen LogP contribution >= 0.6 is 35.3 Å². The molecule has 3 aliphatic rings. The molecule has 0 N–H and O–H groups in total. The predicted octanol–water partition coefficient (Wildman–Crippen LogP) is 4.88. The van der Waals surface area contributed by atoms with Crippen molar-refractivity contribution in [2.24, 2.45) is 5.92 Å². The molecule has 0 atom stereocenters. The zero-order valence-corrected chi connectivity index (χ0v) is 28.0. The topological polar surface area (TPSA) is 126 Å². The molecule has 230 valence electrons. The number of rotatable bonds is 5. The summed E-state index contributed by atoms with van der Waals surface area (Å²) < 4.78 is 18.8. The number of carbonyl (C=O) groups is 5. The third-order valence-electron chi connectivity index (χ3n) is 7.28. The summed E-state index contributed by atoms with van der Waals surface area (Å²) >= 11 is 2.83. The van der Waals surface area contributed by atoms with Crippen molar-refractivity contribution in [3.8, 4) is 0 Å². The highest BCUT2D eigenvalue weighted by atomic mass is 32.2. The maximum Gasteiger partial charge on any atom is 0.345 e. The van der Waals surface area contributed by atoms with Gasteiger partial charge in [-0.2, -0.15) is 0 Å². The van der Waals surface area contributed by atoms with E-state index in [1.165, 1.54) is 28.4 Å². The molecule has 0 aliphatic carbocycles. The Hall–Kier alpha value is -3.16. The molecule has 0 saturated heterocycles. The van der Waals surface area contributed by atoms with Crippen LogP contribution < -0.4 is 4.90 Å². The van der Waals surface area contributed by atoms with Crippen LogP contribution in [0.2, 0.25) is 0 Å². The van der Waals surface area contributed by atoms with Gasteiger partial charge in [-0.1, -0.05) is 60.8 Å². The van der Waals surface area contributed by atoms with E-state index in [1.54, 1.807) is 4.90 Å². The highest BCUT2D eigenvalue weighted by molar-refractivity contribution is 8.26. The van der Waals surface area contributed by atoms with Gasteiger partial charge in [-0.05, 0) is 39.3 Å². The van der Waals surface area contributed by atoms with E-state index in [9.17, 15) is 24.0 Å². The molecule has 43 heavy (non-hydrogen) atoms. The molecule has 3 aliphatic heterocycles. The Labute approximate surface area is 262 Å². The molecule has 1 amide bonds. The number of benzene rings is 1. The Morgan fingerprint density at radius 1 is 0.767 bits per heavy atom. The van der Waals surface area contributed by atoms with Gasteiger partial charge in [0.15, 0.2) is 0 Å². The van der Waals surface area contributed by atoms with Gasteiger partial charge in [0, 0.05) is 22.0 Å². The SMILES string of the molecule is COC(=O)C1=C(C(=O)OC)SC2(S1)C(C(=O)OC)=C(C(=O)OC)SC1=C2c2cc(C)cc(C)c2N(C(=O)C(C)C)C1(C)C. The second-order valence-corrected chi connectivity index (χ2v) is 14.5. The summed E-state index contributed by atoms with van der Waals surface area (Å²) in [6.45, 7) is 11.2. The fourth-order valence-electron chi connectivity index (χ4n) is 5.46. The van der Waals surface area contributed by atoms with E-state index in [2.05, 4.69) is 0 Å². The van der Waals surface area contributed by atoms with Crippen molar-refractivity contribution in [3.63, 3.8) is 0 Å². The fourth-order valence-corrected chi connectivity index (χ4v) is 10.5. The molecule has 0 saturated carbocycles. The average molecular weight is 648 g/mol. The largest absolute Gasteiger partial charge is 0.466 e. The van der Waals surface area contributed by atoms with E-state index in [1.807, 2.05) is 53.7 Å². The molecule has 0 fully saturated rings. The fraction of sp³-hybridized carbons (Fsp3) is 0.433. The number of thioether (sulfide) groups is 3. The number of methoxy groups -OCH3 is 4. The lowest BCUT2D eigenvalue weighted by Gasteiger charge is -2.51. The van der Waals surface area contributed by atoms with Crippen LogP contribution in [0, 0.1) is 19.8 Å². The maximum atomic E-state index is 13.9. The number of hydrogen-bond donors (Lipinski definition) is 0. The smallest absolute Gasteiger partial charge is 0.345 e. The van der Waals surface area contributed by atoms with E-state index in [4.69, 9.17) is 18.9 Å². The third-order valence-corrected chi connectivity index (χ3v) is 11.9. The number of nitrogens with zero attached hydrogens (tertiary/aromatic N) is 1. The highest BCUT2D eigenvalue weighted by Crippen LogP contribution is 2.71. The first kappa shape index (κ1) is 32.7. The zero-order chi connectivity index (χ0) is 32.2. The second kappa shape index (κ2) is 11.7. The van der Waals surface area contributed by atoms with E-state index >= 15 is 0 Å². The van der Waals surface area contributed by atoms with Crippen LogP contribution in [0.3, 0.4) is 0 Å². The average Bonchev–Trinajstić information content (AvgIpc) is 3.35. The molecule has 13 heteroatoms. The van der Waals surface area contributed by atoms with Crippen LogP contribution in [0.1, 0.15) is 44.4 Å². The Bertz CT molecular complexity index is 1540. The molecule has 4 rings (SSSR count). The van der Waals surface area contributed by atoms with Gasteiger partial charge in [0.2, 0.25) is 5.91 Å². The normalized spacial score (nSPS) is 18.4. The summed E-state index contributed by atoms with van der Waals surface area (Å²) in [6, 6.07) is 3.87. The number of aryl methyl sites for hydroxylation is 2. The Kier molecular flexibility index (Phi) is 8.94. The van der Waals surface area contributed by atoms with Gasteiger partial charge >= 0.3 is 23.9 Å². The summed E-state index contributed by atoms with van der Waals surface area (Å²) in [6.07, 6.45) is 0. The van der Waals surface area contributed by atoms with Crippen molar-refractivity contribution in [3.05, 3.63) is 54.0 Å². The summed E-state index contributed by atoms with van der Waals surface area (Å²) in [5.74, 6) is -3.80. The maximum absolute atomic E-state index is 13.9. The van der Waals surface area contributed by atoms with Crippen LogP contribution in [0.5, 0.6) is 0 Å². The van der Waals surface area contributed by atoms with Gasteiger partial charge in [0.05, 0.1) is 45.2 Å². The molecule has 3 heterocycles. The van der Waals surface area contributed by atoms with Crippen LogP contribution in [0.15, 0.2) is 37.3 Å². The first-order chi connectivity index (χ1) is 20.1. The predicted molar refractivity (Wildman–Crippen MR) is 167 cm³/mol. The number of anilines is 1. The molecular formula is C30H33NO9S3. The van der Waals surface area contributed by atoms with Crippen molar-refractivity contribution >= 4 is 76.3 Å². The molecule has 0 bridgehead atoms. The molecular weight excluding hydrogens is 615 g/mol. The molecule has 10 nitrogen and oxygen atoms in total. The van der Waals surface area contributed by atoms with Gasteiger partial charge in [-0.25, -0.2) is 19.2 Å². The van der Waals surface area contributed by atoms with E-state index in [0.29, 0.717) is 21.7 Å². The van der Waals surface area contributed by atoms with Crippen molar-refractivity contribution < 1.29 is 42.9 Å². The molecule has 0 unspecified atom stereocenters. The summed E-state index contributed by atoms with van der Waals surface area (Å²) in [4.78, 5) is 69.4. The number of carbonyl (C=O) groups excluding carboxylic acids is 5. The Morgan fingerprint density at radius 2 is 1.26 bits per heavy atom. The Balaban J connectivity index is 2.22. The highest BCUT2D eigenvalue weighted by Gasteiger charge is 2.62. The van der Waals surface area contributed by atoms with Crippen molar-refractivity contribution in [2.75, 3.05) is 33.3 Å². The number of esters is 4. The molecule has 1 aromatic rings. The monoisotopic (exact) mass is 647 g/mol. The summed E-state index contributed by atoms with van der Waals surface area (Å²) in [5, 5.41) is 0. The van der Waals surface area contributed by atoms with Gasteiger partial charge in [0.1, 0.15) is 18.8 Å². The van der Waals surface area contributed by atoms with Gasteiger partial charge in [-0.3, -0.25) is 4.79 Å². The number of amides is 1. The van der Waals surface area contributed by atoms with E-state index in [0.717, 1.165) is 46.4 Å². The van der Waals surface area contributed by atoms with Crippen LogP contribution in [0.4, 0.5) is 5.69 Å². The first-order valence-corrected chi connectivity index (χ1v) is 15.7. The first-order valence-electron chi connectivity index (χ1n) is 13.2. The lowest BCUT2D eigenvalue weighted by Crippen LogP contribution is -2.55.